The second-order valence-corrected chi connectivity index (χ2v) is 7.03. The zero-order valence-corrected chi connectivity index (χ0v) is 14.8. The Labute approximate surface area is 150 Å². The minimum atomic E-state index is -0.479. The Morgan fingerprint density at radius 1 is 1.20 bits per heavy atom. The van der Waals surface area contributed by atoms with Crippen LogP contribution in [0.25, 0.3) is 11.2 Å². The van der Waals surface area contributed by atoms with Gasteiger partial charge >= 0.3 is 0 Å². The number of nitrogens with zero attached hydrogens (tertiary/aromatic N) is 4. The van der Waals surface area contributed by atoms with Crippen LogP contribution in [0, 0.1) is 0 Å². The number of hydrogen-bond acceptors (Lipinski definition) is 6. The Bertz CT molecular complexity index is 855. The van der Waals surface area contributed by atoms with E-state index >= 15 is 0 Å². The average molecular weight is 356 g/mol. The van der Waals surface area contributed by atoms with Crippen LogP contribution in [-0.2, 0) is 11.3 Å². The van der Waals surface area contributed by atoms with Gasteiger partial charge in [-0.15, -0.1) is 11.8 Å². The molecule has 3 atom stereocenters. The fraction of sp³-hybridized carbons (Fsp3) is 0.389. The van der Waals surface area contributed by atoms with E-state index in [1.54, 1.807) is 24.4 Å². The van der Waals surface area contributed by atoms with E-state index in [1.165, 1.54) is 0 Å². The normalized spacial score (nSPS) is 23.4. The van der Waals surface area contributed by atoms with Crippen molar-refractivity contribution in [2.45, 2.75) is 42.7 Å². The monoisotopic (exact) mass is 356 g/mol. The lowest BCUT2D eigenvalue weighted by Crippen LogP contribution is -2.22. The van der Waals surface area contributed by atoms with Gasteiger partial charge in [0.2, 0.25) is 0 Å². The van der Waals surface area contributed by atoms with Crippen molar-refractivity contribution in [3.05, 3.63) is 48.5 Å². The van der Waals surface area contributed by atoms with Gasteiger partial charge in [-0.25, -0.2) is 15.0 Å². The summed E-state index contributed by atoms with van der Waals surface area (Å²) in [4.78, 5) is 13.1. The summed E-state index contributed by atoms with van der Waals surface area (Å²) in [5.41, 5.74) is 2.75. The molecule has 0 bridgehead atoms. The number of benzene rings is 1. The number of thioether (sulfide) groups is 1. The molecule has 4 rings (SSSR count). The van der Waals surface area contributed by atoms with Crippen molar-refractivity contribution < 1.29 is 9.84 Å². The summed E-state index contributed by atoms with van der Waals surface area (Å²) in [5.74, 6) is 0. The van der Waals surface area contributed by atoms with Crippen LogP contribution >= 0.6 is 11.8 Å². The number of aliphatic hydroxyl groups is 1. The van der Waals surface area contributed by atoms with Gasteiger partial charge in [0.25, 0.3) is 0 Å². The van der Waals surface area contributed by atoms with Crippen LogP contribution in [0.1, 0.15) is 24.4 Å². The quantitative estimate of drug-likeness (QED) is 0.560. The molecule has 25 heavy (non-hydrogen) atoms. The van der Waals surface area contributed by atoms with Crippen LogP contribution in [0.5, 0.6) is 0 Å². The molecule has 6 nitrogen and oxygen atoms in total. The van der Waals surface area contributed by atoms with Gasteiger partial charge in [-0.1, -0.05) is 30.3 Å². The molecule has 1 N–H and O–H groups in total. The van der Waals surface area contributed by atoms with Gasteiger partial charge in [-0.2, -0.15) is 0 Å². The molecule has 0 amide bonds. The average Bonchev–Trinajstić information content (AvgIpc) is 3.24. The summed E-state index contributed by atoms with van der Waals surface area (Å²) >= 11 is 1.56. The molecular weight excluding hydrogens is 336 g/mol. The van der Waals surface area contributed by atoms with Gasteiger partial charge in [0, 0.05) is 6.04 Å². The molecule has 1 aliphatic rings. The summed E-state index contributed by atoms with van der Waals surface area (Å²) in [6, 6.07) is 10.2. The first kappa shape index (κ1) is 16.5. The largest absolute Gasteiger partial charge is 0.390 e. The number of aromatic nitrogens is 4. The number of hydrogen-bond donors (Lipinski definition) is 1. The van der Waals surface area contributed by atoms with E-state index in [-0.39, 0.29) is 12.1 Å². The Kier molecular flexibility index (Phi) is 4.70. The van der Waals surface area contributed by atoms with Crippen molar-refractivity contribution in [2.75, 3.05) is 6.26 Å². The summed E-state index contributed by atoms with van der Waals surface area (Å²) in [6.45, 7) is 0.513. The maximum absolute atomic E-state index is 10.4. The molecule has 2 heterocycles. The first-order valence-electron chi connectivity index (χ1n) is 8.31. The zero-order valence-electron chi connectivity index (χ0n) is 13.9. The van der Waals surface area contributed by atoms with E-state index in [0.29, 0.717) is 13.0 Å². The summed E-state index contributed by atoms with van der Waals surface area (Å²) in [5, 5.41) is 11.3. The molecule has 7 heteroatoms. The molecule has 2 aromatic heterocycles. The maximum Gasteiger partial charge on any atom is 0.164 e. The van der Waals surface area contributed by atoms with Crippen LogP contribution in [0.2, 0.25) is 0 Å². The third-order valence-corrected chi connectivity index (χ3v) is 5.35. The molecular formula is C18H20N4O2S. The number of ether oxygens (including phenoxy) is 1. The van der Waals surface area contributed by atoms with E-state index in [0.717, 1.165) is 28.2 Å². The van der Waals surface area contributed by atoms with Crippen molar-refractivity contribution in [3.63, 3.8) is 0 Å². The van der Waals surface area contributed by atoms with Crippen molar-refractivity contribution in [2.24, 2.45) is 0 Å². The molecule has 0 spiro atoms. The van der Waals surface area contributed by atoms with Gasteiger partial charge in [-0.05, 0) is 24.7 Å². The smallest absolute Gasteiger partial charge is 0.164 e. The van der Waals surface area contributed by atoms with Gasteiger partial charge in [-0.3, -0.25) is 0 Å². The second-order valence-electron chi connectivity index (χ2n) is 6.23. The first-order valence-corrected chi connectivity index (χ1v) is 9.54. The standard InChI is InChI=1S/C18H20N4O2S/c1-25-18-16-17(19-10-20-18)22(11-21-16)13-7-14(23)15(8-13)24-9-12-5-3-2-4-6-12/h2-6,10-11,13-15,23H,7-9H2,1H3/t13-,14+,15+/m1/s1. The van der Waals surface area contributed by atoms with Crippen molar-refractivity contribution >= 4 is 22.9 Å². The number of rotatable bonds is 5. The first-order chi connectivity index (χ1) is 12.3. The molecule has 0 aliphatic heterocycles. The molecule has 0 radical (unpaired) electrons. The van der Waals surface area contributed by atoms with Crippen LogP contribution in [0.15, 0.2) is 48.0 Å². The highest BCUT2D eigenvalue weighted by Gasteiger charge is 2.35. The Morgan fingerprint density at radius 2 is 2.04 bits per heavy atom. The SMILES string of the molecule is CSc1ncnc2c1ncn2[C@H]1C[C@H](OCc2ccccc2)[C@@H](O)C1. The highest BCUT2D eigenvalue weighted by molar-refractivity contribution is 7.98. The zero-order chi connectivity index (χ0) is 17.2. The molecule has 0 saturated heterocycles. The number of imidazole rings is 1. The molecule has 1 aliphatic carbocycles. The Morgan fingerprint density at radius 3 is 2.84 bits per heavy atom. The van der Waals surface area contributed by atoms with Crippen molar-refractivity contribution in [1.29, 1.82) is 0 Å². The van der Waals surface area contributed by atoms with Gasteiger partial charge in [0.15, 0.2) is 5.65 Å². The molecule has 0 unspecified atom stereocenters. The second kappa shape index (κ2) is 7.11. The highest BCUT2D eigenvalue weighted by atomic mass is 32.2. The van der Waals surface area contributed by atoms with Gasteiger partial charge in [0.1, 0.15) is 16.9 Å². The van der Waals surface area contributed by atoms with E-state index in [9.17, 15) is 5.11 Å². The predicted octanol–water partition coefficient (Wildman–Crippen LogP) is 2.83. The molecule has 1 fully saturated rings. The highest BCUT2D eigenvalue weighted by Crippen LogP contribution is 2.35. The molecule has 1 aromatic carbocycles. The van der Waals surface area contributed by atoms with Gasteiger partial charge in [0.05, 0.1) is 25.1 Å². The minimum Gasteiger partial charge on any atom is -0.390 e. The predicted molar refractivity (Wildman–Crippen MR) is 96.4 cm³/mol. The summed E-state index contributed by atoms with van der Waals surface area (Å²) in [6.07, 6.45) is 6.09. The van der Waals surface area contributed by atoms with Gasteiger partial charge < -0.3 is 14.4 Å². The summed E-state index contributed by atoms with van der Waals surface area (Å²) in [7, 11) is 0. The Balaban J connectivity index is 1.49. The van der Waals surface area contributed by atoms with Crippen molar-refractivity contribution in [3.8, 4) is 0 Å². The van der Waals surface area contributed by atoms with Crippen LogP contribution in [0.4, 0.5) is 0 Å². The van der Waals surface area contributed by atoms with Crippen LogP contribution < -0.4 is 0 Å². The Hall–Kier alpha value is -1.96. The van der Waals surface area contributed by atoms with Crippen molar-refractivity contribution in [1.82, 2.24) is 19.5 Å². The molecule has 1 saturated carbocycles. The lowest BCUT2D eigenvalue weighted by atomic mass is 10.2. The third kappa shape index (κ3) is 3.27. The van der Waals surface area contributed by atoms with E-state index in [4.69, 9.17) is 4.74 Å². The third-order valence-electron chi connectivity index (χ3n) is 4.67. The van der Waals surface area contributed by atoms with E-state index in [1.807, 2.05) is 41.2 Å². The van der Waals surface area contributed by atoms with E-state index in [2.05, 4.69) is 15.0 Å². The fourth-order valence-corrected chi connectivity index (χ4v) is 3.87. The maximum atomic E-state index is 10.4. The lowest BCUT2D eigenvalue weighted by molar-refractivity contribution is -0.0274. The summed E-state index contributed by atoms with van der Waals surface area (Å²) < 4.78 is 8.01. The van der Waals surface area contributed by atoms with Crippen LogP contribution in [0.3, 0.4) is 0 Å². The fourth-order valence-electron chi connectivity index (χ4n) is 3.38. The number of fused-ring (bicyclic) bond motifs is 1. The minimum absolute atomic E-state index is 0.130. The van der Waals surface area contributed by atoms with E-state index < -0.39 is 6.10 Å². The molecule has 130 valence electrons. The lowest BCUT2D eigenvalue weighted by Gasteiger charge is -2.15. The number of aliphatic hydroxyl groups excluding tert-OH is 1. The van der Waals surface area contributed by atoms with Crippen LogP contribution in [-0.4, -0.2) is 43.1 Å². The topological polar surface area (TPSA) is 73.1 Å². The molecule has 3 aromatic rings.